The van der Waals surface area contributed by atoms with Gasteiger partial charge in [-0.1, -0.05) is 88.9 Å². The molecular formula is C28H22Cl4N2O2. The van der Waals surface area contributed by atoms with Crippen molar-refractivity contribution in [3.05, 3.63) is 115 Å². The lowest BCUT2D eigenvalue weighted by Gasteiger charge is -2.32. The third-order valence-electron chi connectivity index (χ3n) is 5.80. The van der Waals surface area contributed by atoms with Crippen LogP contribution in [-0.4, -0.2) is 35.7 Å². The number of piperidine rings is 1. The first-order valence-electron chi connectivity index (χ1n) is 11.2. The molecule has 36 heavy (non-hydrogen) atoms. The van der Waals surface area contributed by atoms with Crippen molar-refractivity contribution in [1.82, 2.24) is 4.90 Å². The van der Waals surface area contributed by atoms with Crippen LogP contribution < -0.4 is 5.73 Å². The highest BCUT2D eigenvalue weighted by atomic mass is 35.5. The van der Waals surface area contributed by atoms with Crippen LogP contribution in [0.3, 0.4) is 0 Å². The Hall–Kier alpha value is -2.60. The minimum atomic E-state index is -0.752. The Morgan fingerprint density at radius 2 is 1.31 bits per heavy atom. The van der Waals surface area contributed by atoms with Gasteiger partial charge in [-0.3, -0.25) is 9.59 Å². The molecule has 0 aromatic heterocycles. The van der Waals surface area contributed by atoms with Crippen LogP contribution in [0.4, 0.5) is 0 Å². The molecule has 1 atom stereocenters. The van der Waals surface area contributed by atoms with E-state index in [1.807, 2.05) is 30.3 Å². The zero-order valence-corrected chi connectivity index (χ0v) is 22.1. The van der Waals surface area contributed by atoms with Crippen molar-refractivity contribution < 1.29 is 9.59 Å². The van der Waals surface area contributed by atoms with Crippen molar-refractivity contribution in [3.63, 3.8) is 0 Å². The van der Waals surface area contributed by atoms with E-state index >= 15 is 0 Å². The van der Waals surface area contributed by atoms with E-state index < -0.39 is 6.04 Å². The Morgan fingerprint density at radius 1 is 0.806 bits per heavy atom. The van der Waals surface area contributed by atoms with Crippen LogP contribution in [-0.2, 0) is 16.0 Å². The molecule has 1 amide bonds. The van der Waals surface area contributed by atoms with Crippen LogP contribution in [0.1, 0.15) is 16.7 Å². The summed E-state index contributed by atoms with van der Waals surface area (Å²) < 4.78 is 0. The van der Waals surface area contributed by atoms with Gasteiger partial charge >= 0.3 is 0 Å². The predicted molar refractivity (Wildman–Crippen MR) is 149 cm³/mol. The highest BCUT2D eigenvalue weighted by molar-refractivity contribution is 6.42. The van der Waals surface area contributed by atoms with Crippen LogP contribution in [0, 0.1) is 0 Å². The van der Waals surface area contributed by atoms with E-state index in [2.05, 4.69) is 0 Å². The molecule has 0 radical (unpaired) electrons. The van der Waals surface area contributed by atoms with Gasteiger partial charge in [0, 0.05) is 24.2 Å². The van der Waals surface area contributed by atoms with Gasteiger partial charge in [-0.15, -0.1) is 0 Å². The molecule has 1 fully saturated rings. The van der Waals surface area contributed by atoms with Crippen molar-refractivity contribution in [2.45, 2.75) is 12.5 Å². The molecule has 4 nitrogen and oxygen atoms in total. The lowest BCUT2D eigenvalue weighted by Crippen LogP contribution is -2.49. The minimum absolute atomic E-state index is 0.124. The maximum absolute atomic E-state index is 13.4. The zero-order valence-electron chi connectivity index (χ0n) is 19.1. The molecule has 0 aliphatic carbocycles. The molecule has 0 bridgehead atoms. The molecule has 4 rings (SSSR count). The SMILES string of the molecule is NC(Cc1ccccc1)C(=O)N1CC(=Cc2ccc(Cl)c(Cl)c2)C(=O)C(=Cc2ccc(Cl)c(Cl)c2)C1. The van der Waals surface area contributed by atoms with E-state index in [1.54, 1.807) is 53.5 Å². The maximum Gasteiger partial charge on any atom is 0.240 e. The fraction of sp³-hybridized carbons (Fsp3) is 0.143. The summed E-state index contributed by atoms with van der Waals surface area (Å²) in [6.45, 7) is 0.248. The Kier molecular flexibility index (Phi) is 8.55. The summed E-state index contributed by atoms with van der Waals surface area (Å²) in [7, 11) is 0. The summed E-state index contributed by atoms with van der Waals surface area (Å²) in [5, 5.41) is 1.58. The van der Waals surface area contributed by atoms with Gasteiger partial charge in [-0.05, 0) is 59.5 Å². The fourth-order valence-electron chi connectivity index (χ4n) is 3.99. The number of halogens is 4. The third kappa shape index (κ3) is 6.39. The number of carbonyl (C=O) groups is 2. The smallest absolute Gasteiger partial charge is 0.240 e. The number of Topliss-reactive ketones (excluding diaryl/α,β-unsaturated/α-hetero) is 1. The van der Waals surface area contributed by atoms with Gasteiger partial charge in [0.15, 0.2) is 5.78 Å². The molecule has 0 spiro atoms. The molecule has 2 N–H and O–H groups in total. The van der Waals surface area contributed by atoms with Crippen molar-refractivity contribution in [2.24, 2.45) is 5.73 Å². The van der Waals surface area contributed by atoms with E-state index in [0.29, 0.717) is 48.8 Å². The standard InChI is InChI=1S/C28H22Cl4N2O2/c29-22-8-6-18(12-24(22)31)10-20-15-34(28(36)26(33)14-17-4-2-1-3-5-17)16-21(27(20)35)11-19-7-9-23(30)25(32)13-19/h1-13,26H,14-16,33H2. The molecule has 1 aliphatic rings. The molecule has 3 aromatic rings. The van der Waals surface area contributed by atoms with Crippen molar-refractivity contribution in [1.29, 1.82) is 0 Å². The number of amides is 1. The number of benzene rings is 3. The Morgan fingerprint density at radius 3 is 1.78 bits per heavy atom. The fourth-order valence-corrected chi connectivity index (χ4v) is 4.60. The van der Waals surface area contributed by atoms with Gasteiger partial charge in [0.2, 0.25) is 5.91 Å². The number of hydrogen-bond donors (Lipinski definition) is 1. The average molecular weight is 560 g/mol. The molecule has 3 aromatic carbocycles. The normalized spacial score (nSPS) is 17.0. The number of nitrogens with zero attached hydrogens (tertiary/aromatic N) is 1. The summed E-state index contributed by atoms with van der Waals surface area (Å²) in [6, 6.07) is 19.0. The quantitative estimate of drug-likeness (QED) is 0.352. The van der Waals surface area contributed by atoms with Crippen LogP contribution in [0.25, 0.3) is 12.2 Å². The number of likely N-dealkylation sites (tertiary alicyclic amines) is 1. The third-order valence-corrected chi connectivity index (χ3v) is 7.28. The van der Waals surface area contributed by atoms with E-state index in [-0.39, 0.29) is 24.8 Å². The van der Waals surface area contributed by atoms with E-state index in [1.165, 1.54) is 0 Å². The second-order valence-electron chi connectivity index (χ2n) is 8.51. The second-order valence-corrected chi connectivity index (χ2v) is 10.1. The Labute approximate surface area is 229 Å². The molecular weight excluding hydrogens is 538 g/mol. The minimum Gasteiger partial charge on any atom is -0.332 e. The molecule has 1 unspecified atom stereocenters. The van der Waals surface area contributed by atoms with Gasteiger partial charge in [-0.25, -0.2) is 0 Å². The summed E-state index contributed by atoms with van der Waals surface area (Å²) >= 11 is 24.4. The summed E-state index contributed by atoms with van der Waals surface area (Å²) in [5.74, 6) is -0.417. The molecule has 0 saturated carbocycles. The average Bonchev–Trinajstić information content (AvgIpc) is 2.86. The zero-order chi connectivity index (χ0) is 25.8. The van der Waals surface area contributed by atoms with Crippen LogP contribution in [0.2, 0.25) is 20.1 Å². The van der Waals surface area contributed by atoms with Crippen LogP contribution in [0.5, 0.6) is 0 Å². The molecule has 1 aliphatic heterocycles. The first-order chi connectivity index (χ1) is 17.2. The van der Waals surface area contributed by atoms with Crippen molar-refractivity contribution in [2.75, 3.05) is 13.1 Å². The highest BCUT2D eigenvalue weighted by Crippen LogP contribution is 2.28. The number of rotatable bonds is 5. The number of carbonyl (C=O) groups excluding carboxylic acids is 2. The van der Waals surface area contributed by atoms with E-state index in [4.69, 9.17) is 52.1 Å². The first-order valence-corrected chi connectivity index (χ1v) is 12.7. The second kappa shape index (κ2) is 11.6. The Bertz CT molecular complexity index is 1300. The maximum atomic E-state index is 13.4. The first kappa shape index (κ1) is 26.5. The topological polar surface area (TPSA) is 63.4 Å². The summed E-state index contributed by atoms with van der Waals surface area (Å²) in [6.07, 6.45) is 3.83. The van der Waals surface area contributed by atoms with Crippen molar-refractivity contribution >= 4 is 70.2 Å². The lowest BCUT2D eigenvalue weighted by atomic mass is 9.93. The van der Waals surface area contributed by atoms with Gasteiger partial charge in [0.05, 0.1) is 26.1 Å². The molecule has 184 valence electrons. The monoisotopic (exact) mass is 558 g/mol. The van der Waals surface area contributed by atoms with Crippen LogP contribution >= 0.6 is 46.4 Å². The number of hydrogen-bond acceptors (Lipinski definition) is 3. The molecule has 1 saturated heterocycles. The summed E-state index contributed by atoms with van der Waals surface area (Å²) in [5.41, 5.74) is 9.54. The molecule has 8 heteroatoms. The van der Waals surface area contributed by atoms with Gasteiger partial charge in [-0.2, -0.15) is 0 Å². The summed E-state index contributed by atoms with van der Waals surface area (Å²) in [4.78, 5) is 28.4. The van der Waals surface area contributed by atoms with Crippen molar-refractivity contribution in [3.8, 4) is 0 Å². The predicted octanol–water partition coefficient (Wildman–Crippen LogP) is 6.75. The molecule has 1 heterocycles. The highest BCUT2D eigenvalue weighted by Gasteiger charge is 2.31. The van der Waals surface area contributed by atoms with Crippen LogP contribution in [0.15, 0.2) is 77.9 Å². The van der Waals surface area contributed by atoms with Gasteiger partial charge < -0.3 is 10.6 Å². The van der Waals surface area contributed by atoms with Gasteiger partial charge in [0.25, 0.3) is 0 Å². The van der Waals surface area contributed by atoms with Gasteiger partial charge in [0.1, 0.15) is 0 Å². The number of ketones is 1. The lowest BCUT2D eigenvalue weighted by molar-refractivity contribution is -0.132. The Balaban J connectivity index is 1.68. The number of nitrogens with two attached hydrogens (primary N) is 1. The van der Waals surface area contributed by atoms with E-state index in [9.17, 15) is 9.59 Å². The largest absolute Gasteiger partial charge is 0.332 e. The van der Waals surface area contributed by atoms with E-state index in [0.717, 1.165) is 5.56 Å².